The Hall–Kier alpha value is -3.52. The first kappa shape index (κ1) is 24.1. The van der Waals surface area contributed by atoms with E-state index in [-0.39, 0.29) is 35.5 Å². The second-order valence-corrected chi connectivity index (χ2v) is 7.96. The van der Waals surface area contributed by atoms with E-state index in [0.717, 1.165) is 0 Å². The summed E-state index contributed by atoms with van der Waals surface area (Å²) < 4.78 is 15.9. The van der Waals surface area contributed by atoms with E-state index in [1.54, 1.807) is 43.5 Å². The van der Waals surface area contributed by atoms with E-state index in [9.17, 15) is 19.8 Å². The number of phenolic OH excluding ortho intramolecular Hbond substituents is 1. The summed E-state index contributed by atoms with van der Waals surface area (Å²) >= 11 is 0. The highest BCUT2D eigenvalue weighted by Gasteiger charge is 2.46. The van der Waals surface area contributed by atoms with Gasteiger partial charge in [0.2, 0.25) is 0 Å². The predicted octanol–water partition coefficient (Wildman–Crippen LogP) is 3.65. The Morgan fingerprint density at radius 1 is 1.09 bits per heavy atom. The molecule has 0 bridgehead atoms. The van der Waals surface area contributed by atoms with Gasteiger partial charge in [0.1, 0.15) is 11.5 Å². The number of hydrogen-bond acceptors (Lipinski definition) is 7. The maximum Gasteiger partial charge on any atom is 0.295 e. The molecule has 2 aromatic rings. The number of aromatic hydroxyl groups is 1. The lowest BCUT2D eigenvalue weighted by Gasteiger charge is -2.25. The molecule has 176 valence electrons. The van der Waals surface area contributed by atoms with Gasteiger partial charge in [0.05, 0.1) is 24.8 Å². The molecule has 0 unspecified atom stereocenters. The summed E-state index contributed by atoms with van der Waals surface area (Å²) in [5.74, 6) is -1.01. The van der Waals surface area contributed by atoms with Gasteiger partial charge in [-0.3, -0.25) is 9.59 Å². The number of likely N-dealkylation sites (tertiary alicyclic amines) is 1. The number of ketones is 1. The van der Waals surface area contributed by atoms with Gasteiger partial charge < -0.3 is 29.3 Å². The number of rotatable bonds is 9. The molecule has 3 rings (SSSR count). The van der Waals surface area contributed by atoms with Crippen LogP contribution in [0.3, 0.4) is 0 Å². The summed E-state index contributed by atoms with van der Waals surface area (Å²) in [5, 5.41) is 21.1. The summed E-state index contributed by atoms with van der Waals surface area (Å²) in [5.41, 5.74) is 0.891. The number of nitrogens with zero attached hydrogens (tertiary/aromatic N) is 1. The SMILES string of the molecule is COCCCN1C(=O)C(=O)/C(=C(/O)c2ccc(OC(C)C)cc2)[C@@H]1c1ccc(O)c(OC)c1. The largest absolute Gasteiger partial charge is 0.507 e. The van der Waals surface area contributed by atoms with Crippen molar-refractivity contribution < 1.29 is 34.0 Å². The van der Waals surface area contributed by atoms with Crippen LogP contribution < -0.4 is 9.47 Å². The first-order valence-corrected chi connectivity index (χ1v) is 10.7. The number of methoxy groups -OCH3 is 2. The number of aliphatic hydroxyl groups is 1. The number of ether oxygens (including phenoxy) is 3. The quantitative estimate of drug-likeness (QED) is 0.257. The van der Waals surface area contributed by atoms with E-state index in [0.29, 0.717) is 29.9 Å². The van der Waals surface area contributed by atoms with Crippen LogP contribution in [0.2, 0.25) is 0 Å². The van der Waals surface area contributed by atoms with Crippen molar-refractivity contribution in [3.63, 3.8) is 0 Å². The molecule has 2 N–H and O–H groups in total. The molecule has 1 aliphatic heterocycles. The van der Waals surface area contributed by atoms with Gasteiger partial charge >= 0.3 is 0 Å². The molecule has 0 spiro atoms. The molecule has 1 heterocycles. The van der Waals surface area contributed by atoms with E-state index in [1.807, 2.05) is 13.8 Å². The minimum Gasteiger partial charge on any atom is -0.507 e. The van der Waals surface area contributed by atoms with Crippen LogP contribution in [0.1, 0.15) is 37.4 Å². The topological polar surface area (TPSA) is 106 Å². The van der Waals surface area contributed by atoms with Crippen molar-refractivity contribution in [3.8, 4) is 17.2 Å². The predicted molar refractivity (Wildman–Crippen MR) is 122 cm³/mol. The number of phenols is 1. The molecule has 0 saturated carbocycles. The highest BCUT2D eigenvalue weighted by atomic mass is 16.5. The summed E-state index contributed by atoms with van der Waals surface area (Å²) in [4.78, 5) is 27.4. The van der Waals surface area contributed by atoms with Crippen LogP contribution in [0.15, 0.2) is 48.0 Å². The van der Waals surface area contributed by atoms with E-state index < -0.39 is 17.7 Å². The fourth-order valence-electron chi connectivity index (χ4n) is 3.82. The van der Waals surface area contributed by atoms with Gasteiger partial charge in [0.15, 0.2) is 11.5 Å². The Labute approximate surface area is 193 Å². The van der Waals surface area contributed by atoms with Crippen LogP contribution in [0.4, 0.5) is 0 Å². The van der Waals surface area contributed by atoms with Crippen molar-refractivity contribution in [2.75, 3.05) is 27.4 Å². The van der Waals surface area contributed by atoms with E-state index >= 15 is 0 Å². The fourth-order valence-corrected chi connectivity index (χ4v) is 3.82. The number of benzene rings is 2. The van der Waals surface area contributed by atoms with Gasteiger partial charge in [0, 0.05) is 25.8 Å². The lowest BCUT2D eigenvalue weighted by molar-refractivity contribution is -0.140. The zero-order valence-corrected chi connectivity index (χ0v) is 19.2. The molecular formula is C25H29NO7. The Morgan fingerprint density at radius 3 is 2.39 bits per heavy atom. The standard InChI is InChI=1S/C25H29NO7/c1-15(2)33-18-9-6-16(7-10-18)23(28)21-22(17-8-11-19(27)20(14-17)32-4)26(12-5-13-31-3)25(30)24(21)29/h6-11,14-15,22,27-28H,5,12-13H2,1-4H3/b23-21+/t22-/m0/s1. The summed E-state index contributed by atoms with van der Waals surface area (Å²) in [7, 11) is 2.97. The fraction of sp³-hybridized carbons (Fsp3) is 0.360. The summed E-state index contributed by atoms with van der Waals surface area (Å²) in [6, 6.07) is 10.4. The minimum absolute atomic E-state index is 0.00801. The number of amides is 1. The van der Waals surface area contributed by atoms with E-state index in [4.69, 9.17) is 14.2 Å². The molecule has 0 radical (unpaired) electrons. The zero-order valence-electron chi connectivity index (χ0n) is 19.2. The summed E-state index contributed by atoms with van der Waals surface area (Å²) in [6.07, 6.45) is 0.502. The van der Waals surface area contributed by atoms with Gasteiger partial charge in [-0.25, -0.2) is 0 Å². The van der Waals surface area contributed by atoms with Crippen LogP contribution in [-0.2, 0) is 14.3 Å². The maximum atomic E-state index is 13.0. The zero-order chi connectivity index (χ0) is 24.1. The number of carbonyl (C=O) groups excluding carboxylic acids is 2. The third-order valence-corrected chi connectivity index (χ3v) is 5.31. The van der Waals surface area contributed by atoms with Crippen molar-refractivity contribution in [2.24, 2.45) is 0 Å². The van der Waals surface area contributed by atoms with Crippen molar-refractivity contribution in [2.45, 2.75) is 32.4 Å². The van der Waals surface area contributed by atoms with Gasteiger partial charge in [-0.05, 0) is 62.2 Å². The first-order chi connectivity index (χ1) is 15.8. The average molecular weight is 456 g/mol. The third-order valence-electron chi connectivity index (χ3n) is 5.31. The maximum absolute atomic E-state index is 13.0. The highest BCUT2D eigenvalue weighted by molar-refractivity contribution is 6.46. The van der Waals surface area contributed by atoms with Crippen molar-refractivity contribution in [1.29, 1.82) is 0 Å². The molecule has 0 aliphatic carbocycles. The molecule has 1 aliphatic rings. The number of Topliss-reactive ketones (excluding diaryl/α,β-unsaturated/α-hetero) is 1. The van der Waals surface area contributed by atoms with Gasteiger partial charge in [-0.2, -0.15) is 0 Å². The molecule has 1 atom stereocenters. The highest BCUT2D eigenvalue weighted by Crippen LogP contribution is 2.41. The molecule has 1 fully saturated rings. The van der Waals surface area contributed by atoms with E-state index in [1.165, 1.54) is 18.1 Å². The van der Waals surface area contributed by atoms with Crippen LogP contribution in [-0.4, -0.2) is 60.3 Å². The second kappa shape index (κ2) is 10.4. The average Bonchev–Trinajstić information content (AvgIpc) is 3.04. The molecule has 1 saturated heterocycles. The van der Waals surface area contributed by atoms with Gasteiger partial charge in [-0.1, -0.05) is 6.07 Å². The Kier molecular flexibility index (Phi) is 7.60. The normalized spacial score (nSPS) is 17.6. The van der Waals surface area contributed by atoms with Crippen molar-refractivity contribution in [3.05, 3.63) is 59.2 Å². The first-order valence-electron chi connectivity index (χ1n) is 10.7. The number of carbonyl (C=O) groups is 2. The minimum atomic E-state index is -0.844. The van der Waals surface area contributed by atoms with Crippen LogP contribution in [0, 0.1) is 0 Å². The lowest BCUT2D eigenvalue weighted by atomic mass is 9.95. The Bertz CT molecular complexity index is 1040. The Balaban J connectivity index is 2.09. The molecule has 0 aromatic heterocycles. The van der Waals surface area contributed by atoms with Crippen molar-refractivity contribution in [1.82, 2.24) is 4.90 Å². The van der Waals surface area contributed by atoms with E-state index in [2.05, 4.69) is 0 Å². The number of aliphatic hydroxyl groups excluding tert-OH is 1. The Morgan fingerprint density at radius 2 is 1.79 bits per heavy atom. The monoisotopic (exact) mass is 455 g/mol. The smallest absolute Gasteiger partial charge is 0.295 e. The van der Waals surface area contributed by atoms with Gasteiger partial charge in [-0.15, -0.1) is 0 Å². The summed E-state index contributed by atoms with van der Waals surface area (Å²) in [6.45, 7) is 4.48. The third kappa shape index (κ3) is 5.12. The molecule has 8 nitrogen and oxygen atoms in total. The molecule has 8 heteroatoms. The number of hydrogen-bond donors (Lipinski definition) is 2. The van der Waals surface area contributed by atoms with Crippen molar-refractivity contribution >= 4 is 17.4 Å². The molecule has 2 aromatic carbocycles. The molecular weight excluding hydrogens is 426 g/mol. The van der Waals surface area contributed by atoms with Crippen LogP contribution >= 0.6 is 0 Å². The van der Waals surface area contributed by atoms with Gasteiger partial charge in [0.25, 0.3) is 11.7 Å². The lowest BCUT2D eigenvalue weighted by Crippen LogP contribution is -2.31. The van der Waals surface area contributed by atoms with Crippen LogP contribution in [0.25, 0.3) is 5.76 Å². The van der Waals surface area contributed by atoms with Crippen LogP contribution in [0.5, 0.6) is 17.2 Å². The molecule has 33 heavy (non-hydrogen) atoms. The second-order valence-electron chi connectivity index (χ2n) is 7.96. The molecule has 1 amide bonds.